The van der Waals surface area contributed by atoms with Gasteiger partial charge in [-0.15, -0.1) is 0 Å². The minimum Gasteiger partial charge on any atom is -0.456 e. The lowest BCUT2D eigenvalue weighted by molar-refractivity contribution is 0.0924. The lowest BCUT2D eigenvalue weighted by atomic mass is 10.2. The van der Waals surface area contributed by atoms with Gasteiger partial charge in [0.05, 0.1) is 0 Å². The topological polar surface area (TPSA) is 94.3 Å². The maximum atomic E-state index is 11.3. The maximum absolute atomic E-state index is 11.3. The molecule has 0 spiro atoms. The van der Waals surface area contributed by atoms with Crippen molar-refractivity contribution in [2.24, 2.45) is 17.5 Å². The molecule has 17 heavy (non-hydrogen) atoms. The summed E-state index contributed by atoms with van der Waals surface area (Å²) in [4.78, 5) is 11.3. The lowest BCUT2D eigenvalue weighted by Crippen LogP contribution is -2.29. The summed E-state index contributed by atoms with van der Waals surface area (Å²) in [5.41, 5.74) is 8.62. The summed E-state index contributed by atoms with van der Waals surface area (Å²) in [6.07, 6.45) is 0. The van der Waals surface area contributed by atoms with Crippen LogP contribution in [0.5, 0.6) is 0 Å². The molecule has 1 unspecified atom stereocenters. The van der Waals surface area contributed by atoms with E-state index in [1.807, 2.05) is 12.3 Å². The van der Waals surface area contributed by atoms with Crippen molar-refractivity contribution in [2.75, 3.05) is 12.3 Å². The molecule has 5 N–H and O–H groups in total. The van der Waals surface area contributed by atoms with Crippen LogP contribution in [0, 0.1) is 12.8 Å². The Morgan fingerprint density at radius 3 is 2.94 bits per heavy atom. The van der Waals surface area contributed by atoms with Crippen LogP contribution in [0.25, 0.3) is 0 Å². The highest BCUT2D eigenvalue weighted by atomic mass is 32.2. The first-order valence-electron chi connectivity index (χ1n) is 5.46. The number of amides is 1. The Balaban J connectivity index is 2.54. The molecule has 5 nitrogen and oxygen atoms in total. The summed E-state index contributed by atoms with van der Waals surface area (Å²) in [6, 6.07) is 1.73. The third-order valence-corrected chi connectivity index (χ3v) is 3.76. The molecule has 0 aromatic carbocycles. The zero-order valence-electron chi connectivity index (χ0n) is 10.2. The van der Waals surface area contributed by atoms with Gasteiger partial charge in [0.1, 0.15) is 5.76 Å². The van der Waals surface area contributed by atoms with E-state index in [0.29, 0.717) is 12.5 Å². The number of nitrogens with two attached hydrogens (primary N) is 2. The second-order valence-corrected chi connectivity index (χ2v) is 5.05. The number of carbonyl (C=O) groups is 1. The van der Waals surface area contributed by atoms with Crippen LogP contribution in [-0.2, 0) is 5.75 Å². The molecule has 0 aliphatic rings. The van der Waals surface area contributed by atoms with Crippen molar-refractivity contribution in [3.05, 3.63) is 23.2 Å². The van der Waals surface area contributed by atoms with E-state index in [0.717, 1.165) is 22.8 Å². The van der Waals surface area contributed by atoms with Crippen LogP contribution in [-0.4, -0.2) is 18.2 Å². The van der Waals surface area contributed by atoms with E-state index in [4.69, 9.17) is 16.0 Å². The van der Waals surface area contributed by atoms with Gasteiger partial charge in [0.15, 0.2) is 5.76 Å². The summed E-state index contributed by atoms with van der Waals surface area (Å²) in [6.45, 7) is 4.65. The van der Waals surface area contributed by atoms with Gasteiger partial charge in [-0.3, -0.25) is 10.2 Å². The van der Waals surface area contributed by atoms with Crippen LogP contribution in [0.15, 0.2) is 10.5 Å². The van der Waals surface area contributed by atoms with Crippen LogP contribution in [0.3, 0.4) is 0 Å². The zero-order valence-corrected chi connectivity index (χ0v) is 11.0. The third kappa shape index (κ3) is 4.07. The standard InChI is InChI=1S/C11H19N3O2S/c1-7(4-12)5-17-6-9-3-10(11(15)14-13)16-8(9)2/h3,7H,4-6,12-13H2,1-2H3,(H,14,15). The Bertz CT molecular complexity index is 379. The normalized spacial score (nSPS) is 12.5. The average Bonchev–Trinajstić information content (AvgIpc) is 2.69. The molecule has 0 saturated heterocycles. The number of hydrogen-bond acceptors (Lipinski definition) is 5. The van der Waals surface area contributed by atoms with Gasteiger partial charge in [-0.1, -0.05) is 6.92 Å². The van der Waals surface area contributed by atoms with Crippen molar-refractivity contribution in [3.8, 4) is 0 Å². The van der Waals surface area contributed by atoms with E-state index in [9.17, 15) is 4.79 Å². The number of aryl methyl sites for hydroxylation is 1. The molecule has 0 aliphatic heterocycles. The summed E-state index contributed by atoms with van der Waals surface area (Å²) in [5.74, 6) is 7.97. The Hall–Kier alpha value is -0.980. The molecule has 0 radical (unpaired) electrons. The van der Waals surface area contributed by atoms with E-state index in [1.54, 1.807) is 17.8 Å². The van der Waals surface area contributed by atoms with Gasteiger partial charge in [0.25, 0.3) is 0 Å². The molecule has 1 atom stereocenters. The SMILES string of the molecule is Cc1oc(C(=O)NN)cc1CSCC(C)CN. The van der Waals surface area contributed by atoms with Gasteiger partial charge < -0.3 is 10.2 Å². The van der Waals surface area contributed by atoms with Crippen molar-refractivity contribution >= 4 is 17.7 Å². The van der Waals surface area contributed by atoms with Gasteiger partial charge in [-0.25, -0.2) is 5.84 Å². The average molecular weight is 257 g/mol. The molecular formula is C11H19N3O2S. The highest BCUT2D eigenvalue weighted by Gasteiger charge is 2.13. The minimum absolute atomic E-state index is 0.257. The molecule has 1 amide bonds. The molecule has 96 valence electrons. The van der Waals surface area contributed by atoms with Gasteiger partial charge >= 0.3 is 5.91 Å². The number of rotatable bonds is 6. The number of thioether (sulfide) groups is 1. The second kappa shape index (κ2) is 6.68. The monoisotopic (exact) mass is 257 g/mol. The van der Waals surface area contributed by atoms with E-state index in [-0.39, 0.29) is 5.76 Å². The van der Waals surface area contributed by atoms with Crippen molar-refractivity contribution in [2.45, 2.75) is 19.6 Å². The summed E-state index contributed by atoms with van der Waals surface area (Å²) >= 11 is 1.78. The zero-order chi connectivity index (χ0) is 12.8. The van der Waals surface area contributed by atoms with Crippen LogP contribution >= 0.6 is 11.8 Å². The van der Waals surface area contributed by atoms with Crippen molar-refractivity contribution in [3.63, 3.8) is 0 Å². The molecule has 0 saturated carbocycles. The number of hydrogen-bond donors (Lipinski definition) is 3. The predicted molar refractivity (Wildman–Crippen MR) is 69.5 cm³/mol. The largest absolute Gasteiger partial charge is 0.456 e. The summed E-state index contributed by atoms with van der Waals surface area (Å²) in [7, 11) is 0. The smallest absolute Gasteiger partial charge is 0.300 e. The highest BCUT2D eigenvalue weighted by molar-refractivity contribution is 7.98. The van der Waals surface area contributed by atoms with Gasteiger partial charge in [-0.05, 0) is 31.2 Å². The van der Waals surface area contributed by atoms with E-state index in [2.05, 4.69) is 6.92 Å². The summed E-state index contributed by atoms with van der Waals surface area (Å²) in [5, 5.41) is 0. The molecule has 1 rings (SSSR count). The summed E-state index contributed by atoms with van der Waals surface area (Å²) < 4.78 is 5.32. The van der Waals surface area contributed by atoms with Gasteiger partial charge in [-0.2, -0.15) is 11.8 Å². The minimum atomic E-state index is -0.403. The fourth-order valence-corrected chi connectivity index (χ4v) is 2.45. The Morgan fingerprint density at radius 1 is 1.65 bits per heavy atom. The van der Waals surface area contributed by atoms with Gasteiger partial charge in [0.2, 0.25) is 0 Å². The molecule has 1 aromatic heterocycles. The van der Waals surface area contributed by atoms with Crippen molar-refractivity contribution < 1.29 is 9.21 Å². The van der Waals surface area contributed by atoms with Crippen molar-refractivity contribution in [1.82, 2.24) is 5.43 Å². The first-order valence-corrected chi connectivity index (χ1v) is 6.62. The Morgan fingerprint density at radius 2 is 2.35 bits per heavy atom. The van der Waals surface area contributed by atoms with Crippen LogP contribution in [0.1, 0.15) is 28.8 Å². The van der Waals surface area contributed by atoms with Gasteiger partial charge in [0, 0.05) is 11.3 Å². The fraction of sp³-hybridized carbons (Fsp3) is 0.545. The third-order valence-electron chi connectivity index (χ3n) is 2.44. The number of nitrogen functional groups attached to an aromatic ring is 1. The highest BCUT2D eigenvalue weighted by Crippen LogP contribution is 2.21. The molecule has 1 heterocycles. The molecule has 6 heteroatoms. The van der Waals surface area contributed by atoms with E-state index < -0.39 is 5.91 Å². The number of hydrazine groups is 1. The van der Waals surface area contributed by atoms with E-state index in [1.165, 1.54) is 0 Å². The number of furan rings is 1. The number of carbonyl (C=O) groups excluding carboxylic acids is 1. The first-order chi connectivity index (χ1) is 8.08. The predicted octanol–water partition coefficient (Wildman–Crippen LogP) is 1.02. The van der Waals surface area contributed by atoms with Crippen LogP contribution < -0.4 is 17.0 Å². The lowest BCUT2D eigenvalue weighted by Gasteiger charge is -2.06. The molecule has 1 aromatic rings. The van der Waals surface area contributed by atoms with Crippen LogP contribution in [0.4, 0.5) is 0 Å². The first kappa shape index (κ1) is 14.1. The molecule has 0 bridgehead atoms. The number of nitrogens with one attached hydrogen (secondary N) is 1. The Kier molecular flexibility index (Phi) is 5.54. The molecular weight excluding hydrogens is 238 g/mol. The maximum Gasteiger partial charge on any atom is 0.300 e. The second-order valence-electron chi connectivity index (χ2n) is 4.02. The Labute approximate surface area is 105 Å². The molecule has 0 aliphatic carbocycles. The quantitative estimate of drug-likeness (QED) is 0.402. The fourth-order valence-electron chi connectivity index (χ4n) is 1.28. The van der Waals surface area contributed by atoms with Crippen LogP contribution in [0.2, 0.25) is 0 Å². The van der Waals surface area contributed by atoms with Crippen molar-refractivity contribution in [1.29, 1.82) is 0 Å². The van der Waals surface area contributed by atoms with E-state index >= 15 is 0 Å². The molecule has 0 fully saturated rings.